The highest BCUT2D eigenvalue weighted by atomic mass is 16.4. The van der Waals surface area contributed by atoms with Crippen molar-refractivity contribution >= 4 is 35.5 Å². The molecule has 1 aromatic rings. The largest absolute Gasteiger partial charge is 0.480 e. The fourth-order valence-electron chi connectivity index (χ4n) is 3.50. The molecule has 38 heavy (non-hydrogen) atoms. The van der Waals surface area contributed by atoms with Crippen LogP contribution in [0.25, 0.3) is 0 Å². The van der Waals surface area contributed by atoms with Crippen molar-refractivity contribution in [1.29, 1.82) is 0 Å². The van der Waals surface area contributed by atoms with Gasteiger partial charge in [0.05, 0.1) is 12.5 Å². The zero-order valence-corrected chi connectivity index (χ0v) is 21.1. The molecular formula is C24H37N7O7. The molecule has 5 amide bonds. The molecule has 4 atom stereocenters. The third-order valence-corrected chi connectivity index (χ3v) is 5.55. The van der Waals surface area contributed by atoms with Gasteiger partial charge in [-0.2, -0.15) is 0 Å². The van der Waals surface area contributed by atoms with Crippen LogP contribution in [0.5, 0.6) is 0 Å². The minimum Gasteiger partial charge on any atom is -0.480 e. The summed E-state index contributed by atoms with van der Waals surface area (Å²) in [5.41, 5.74) is 22.1. The first-order valence-electron chi connectivity index (χ1n) is 12.1. The van der Waals surface area contributed by atoms with Crippen molar-refractivity contribution in [3.63, 3.8) is 0 Å². The fourth-order valence-corrected chi connectivity index (χ4v) is 3.50. The second-order valence-corrected chi connectivity index (χ2v) is 8.78. The van der Waals surface area contributed by atoms with Crippen molar-refractivity contribution in [2.24, 2.45) is 22.9 Å². The molecule has 210 valence electrons. The van der Waals surface area contributed by atoms with E-state index in [0.29, 0.717) is 24.9 Å². The Hall–Kier alpha value is -4.04. The van der Waals surface area contributed by atoms with E-state index < -0.39 is 66.1 Å². The maximum atomic E-state index is 13.3. The molecule has 0 radical (unpaired) electrons. The quantitative estimate of drug-likeness (QED) is 0.0912. The summed E-state index contributed by atoms with van der Waals surface area (Å²) in [5, 5.41) is 16.8. The molecule has 0 heterocycles. The number of nitrogens with two attached hydrogens (primary N) is 4. The van der Waals surface area contributed by atoms with Crippen LogP contribution in [0.1, 0.15) is 44.1 Å². The summed E-state index contributed by atoms with van der Waals surface area (Å²) in [6.07, 6.45) is 0.211. The third kappa shape index (κ3) is 12.3. The predicted octanol–water partition coefficient (Wildman–Crippen LogP) is -2.63. The van der Waals surface area contributed by atoms with E-state index in [0.717, 1.165) is 0 Å². The van der Waals surface area contributed by atoms with Gasteiger partial charge in [-0.15, -0.1) is 0 Å². The maximum Gasteiger partial charge on any atom is 0.326 e. The van der Waals surface area contributed by atoms with Crippen molar-refractivity contribution in [3.05, 3.63) is 35.9 Å². The van der Waals surface area contributed by atoms with E-state index >= 15 is 0 Å². The first-order chi connectivity index (χ1) is 17.9. The van der Waals surface area contributed by atoms with Gasteiger partial charge in [0, 0.05) is 12.8 Å². The molecule has 0 unspecified atom stereocenters. The molecule has 0 aliphatic carbocycles. The molecule has 0 fully saturated rings. The Bertz CT molecular complexity index is 974. The SMILES string of the molecule is NCCCC[C@H](NC(=O)[C@H](Cc1ccccc1)NC(=O)[C@@H](N)CC(N)=O)C(=O)N[C@@H](CCC(N)=O)C(=O)O. The molecule has 14 nitrogen and oxygen atoms in total. The van der Waals surface area contributed by atoms with E-state index in [-0.39, 0.29) is 25.7 Å². The summed E-state index contributed by atoms with van der Waals surface area (Å²) in [6.45, 7) is 0.336. The van der Waals surface area contributed by atoms with E-state index in [1.54, 1.807) is 30.3 Å². The van der Waals surface area contributed by atoms with Crippen molar-refractivity contribution < 1.29 is 33.9 Å². The van der Waals surface area contributed by atoms with Crippen LogP contribution in [-0.4, -0.2) is 71.3 Å². The van der Waals surface area contributed by atoms with Crippen LogP contribution in [0.15, 0.2) is 30.3 Å². The third-order valence-electron chi connectivity index (χ3n) is 5.55. The van der Waals surface area contributed by atoms with Gasteiger partial charge in [0.1, 0.15) is 18.1 Å². The number of carbonyl (C=O) groups excluding carboxylic acids is 5. The molecule has 1 rings (SSSR count). The van der Waals surface area contributed by atoms with Crippen molar-refractivity contribution in [2.45, 2.75) is 69.1 Å². The van der Waals surface area contributed by atoms with Gasteiger partial charge in [-0.3, -0.25) is 24.0 Å². The van der Waals surface area contributed by atoms with E-state index in [9.17, 15) is 33.9 Å². The molecule has 0 saturated carbocycles. The Kier molecular flexibility index (Phi) is 14.0. The van der Waals surface area contributed by atoms with Gasteiger partial charge < -0.3 is 44.0 Å². The number of nitrogens with one attached hydrogen (secondary N) is 3. The minimum absolute atomic E-state index is 0.0369. The van der Waals surface area contributed by atoms with Crippen LogP contribution in [-0.2, 0) is 35.2 Å². The smallest absolute Gasteiger partial charge is 0.326 e. The summed E-state index contributed by atoms with van der Waals surface area (Å²) in [6, 6.07) is 3.68. The summed E-state index contributed by atoms with van der Waals surface area (Å²) in [7, 11) is 0. The highest BCUT2D eigenvalue weighted by molar-refractivity contribution is 5.95. The summed E-state index contributed by atoms with van der Waals surface area (Å²) in [4.78, 5) is 72.6. The number of unbranched alkanes of at least 4 members (excludes halogenated alkanes) is 1. The monoisotopic (exact) mass is 535 g/mol. The molecule has 0 spiro atoms. The van der Waals surface area contributed by atoms with Gasteiger partial charge in [-0.1, -0.05) is 30.3 Å². The number of carboxylic acid groups (broad SMARTS) is 1. The Morgan fingerprint density at radius 2 is 1.34 bits per heavy atom. The highest BCUT2D eigenvalue weighted by Crippen LogP contribution is 2.08. The minimum atomic E-state index is -1.41. The lowest BCUT2D eigenvalue weighted by molar-refractivity contribution is -0.142. The fraction of sp³-hybridized carbons (Fsp3) is 0.500. The molecule has 0 aliphatic rings. The van der Waals surface area contributed by atoms with Gasteiger partial charge in [0.2, 0.25) is 29.5 Å². The molecule has 14 heteroatoms. The van der Waals surface area contributed by atoms with E-state index in [1.165, 1.54) is 0 Å². The lowest BCUT2D eigenvalue weighted by atomic mass is 10.0. The predicted molar refractivity (Wildman–Crippen MR) is 137 cm³/mol. The number of hydrogen-bond acceptors (Lipinski definition) is 8. The number of carboxylic acids is 1. The molecule has 0 saturated heterocycles. The number of amides is 5. The van der Waals surface area contributed by atoms with Crippen LogP contribution >= 0.6 is 0 Å². The maximum absolute atomic E-state index is 13.3. The molecule has 0 bridgehead atoms. The second kappa shape index (κ2) is 16.7. The van der Waals surface area contributed by atoms with Gasteiger partial charge >= 0.3 is 5.97 Å². The van der Waals surface area contributed by atoms with Crippen molar-refractivity contribution in [3.8, 4) is 0 Å². The number of carbonyl (C=O) groups is 6. The van der Waals surface area contributed by atoms with Gasteiger partial charge in [-0.05, 0) is 37.8 Å². The van der Waals surface area contributed by atoms with Gasteiger partial charge in [-0.25, -0.2) is 4.79 Å². The number of benzene rings is 1. The Morgan fingerprint density at radius 1 is 0.763 bits per heavy atom. The summed E-state index contributed by atoms with van der Waals surface area (Å²) < 4.78 is 0. The van der Waals surface area contributed by atoms with E-state index in [1.807, 2.05) is 0 Å². The topological polar surface area (TPSA) is 263 Å². The zero-order chi connectivity index (χ0) is 28.7. The lowest BCUT2D eigenvalue weighted by Gasteiger charge is -2.25. The van der Waals surface area contributed by atoms with Crippen LogP contribution in [0.4, 0.5) is 0 Å². The molecule has 1 aromatic carbocycles. The lowest BCUT2D eigenvalue weighted by Crippen LogP contribution is -2.57. The van der Waals surface area contributed by atoms with Crippen LogP contribution in [0.3, 0.4) is 0 Å². The average molecular weight is 536 g/mol. The summed E-state index contributed by atoms with van der Waals surface area (Å²) >= 11 is 0. The van der Waals surface area contributed by atoms with Gasteiger partial charge in [0.25, 0.3) is 0 Å². The zero-order valence-electron chi connectivity index (χ0n) is 21.1. The number of aliphatic carboxylic acids is 1. The number of primary amides is 2. The Balaban J connectivity index is 3.10. The van der Waals surface area contributed by atoms with E-state index in [4.69, 9.17) is 22.9 Å². The normalized spacial score (nSPS) is 13.8. The van der Waals surface area contributed by atoms with Crippen LogP contribution < -0.4 is 38.9 Å². The van der Waals surface area contributed by atoms with E-state index in [2.05, 4.69) is 16.0 Å². The van der Waals surface area contributed by atoms with Crippen LogP contribution in [0, 0.1) is 0 Å². The molecule has 0 aliphatic heterocycles. The standard InChI is InChI=1S/C24H37N7O7/c25-11-5-4-8-16(22(35)30-17(24(37)38)9-10-19(27)32)29-23(36)18(12-14-6-2-1-3-7-14)31-21(34)15(26)13-20(28)33/h1-3,6-7,15-18H,4-5,8-13,25-26H2,(H2,27,32)(H2,28,33)(H,29,36)(H,30,35)(H,31,34)(H,37,38)/t15-,16-,17-,18-/m0/s1. The van der Waals surface area contributed by atoms with Crippen molar-refractivity contribution in [2.75, 3.05) is 6.54 Å². The first kappa shape index (κ1) is 32.0. The Labute approximate surface area is 220 Å². The number of hydrogen-bond donors (Lipinski definition) is 8. The van der Waals surface area contributed by atoms with Crippen molar-refractivity contribution in [1.82, 2.24) is 16.0 Å². The molecular weight excluding hydrogens is 498 g/mol. The first-order valence-corrected chi connectivity index (χ1v) is 12.1. The van der Waals surface area contributed by atoms with Gasteiger partial charge in [0.15, 0.2) is 0 Å². The highest BCUT2D eigenvalue weighted by Gasteiger charge is 2.30. The summed E-state index contributed by atoms with van der Waals surface area (Å²) in [5.74, 6) is -5.21. The number of rotatable bonds is 18. The Morgan fingerprint density at radius 3 is 1.89 bits per heavy atom. The average Bonchev–Trinajstić information content (AvgIpc) is 2.85. The molecule has 0 aromatic heterocycles. The molecule has 12 N–H and O–H groups in total. The van der Waals surface area contributed by atoms with Crippen LogP contribution in [0.2, 0.25) is 0 Å². The second-order valence-electron chi connectivity index (χ2n) is 8.78.